The molecule has 3 aromatic rings. The molecule has 7 nitrogen and oxygen atoms in total. The molecule has 0 aliphatic heterocycles. The van der Waals surface area contributed by atoms with Crippen LogP contribution in [0.3, 0.4) is 0 Å². The third-order valence-corrected chi connectivity index (χ3v) is 5.18. The van der Waals surface area contributed by atoms with E-state index in [0.29, 0.717) is 12.6 Å². The number of hydrogen-bond acceptors (Lipinski definition) is 4. The summed E-state index contributed by atoms with van der Waals surface area (Å²) >= 11 is 0. The molecule has 158 valence electrons. The Morgan fingerprint density at radius 2 is 1.83 bits per heavy atom. The van der Waals surface area contributed by atoms with Crippen molar-refractivity contribution in [2.75, 3.05) is 20.6 Å². The highest BCUT2D eigenvalue weighted by Crippen LogP contribution is 2.09. The van der Waals surface area contributed by atoms with E-state index in [-0.39, 0.29) is 0 Å². The van der Waals surface area contributed by atoms with Gasteiger partial charge in [0, 0.05) is 32.7 Å². The number of nitrogens with one attached hydrogen (secondary N) is 2. The highest BCUT2D eigenvalue weighted by molar-refractivity contribution is 5.79. The lowest BCUT2D eigenvalue weighted by Crippen LogP contribution is -2.39. The molecule has 2 N–H and O–H groups in total. The molecular formula is C23H31N7. The van der Waals surface area contributed by atoms with E-state index < -0.39 is 0 Å². The molecule has 0 aliphatic rings. The van der Waals surface area contributed by atoms with Gasteiger partial charge in [-0.3, -0.25) is 9.89 Å². The van der Waals surface area contributed by atoms with Crippen molar-refractivity contribution in [3.8, 4) is 5.69 Å². The van der Waals surface area contributed by atoms with E-state index in [1.54, 1.807) is 18.1 Å². The van der Waals surface area contributed by atoms with Crippen molar-refractivity contribution in [1.29, 1.82) is 0 Å². The van der Waals surface area contributed by atoms with E-state index in [4.69, 9.17) is 0 Å². The molecule has 0 bridgehead atoms. The zero-order valence-electron chi connectivity index (χ0n) is 18.0. The maximum atomic E-state index is 4.33. The molecule has 3 rings (SSSR count). The third-order valence-electron chi connectivity index (χ3n) is 5.18. The van der Waals surface area contributed by atoms with Gasteiger partial charge in [-0.2, -0.15) is 5.10 Å². The molecule has 0 spiro atoms. The van der Waals surface area contributed by atoms with Gasteiger partial charge in [-0.15, -0.1) is 0 Å². The van der Waals surface area contributed by atoms with Gasteiger partial charge in [0.2, 0.25) is 0 Å². The summed E-state index contributed by atoms with van der Waals surface area (Å²) in [6.45, 7) is 4.79. The Balaban J connectivity index is 1.39. The second-order valence-corrected chi connectivity index (χ2v) is 7.40. The van der Waals surface area contributed by atoms with Gasteiger partial charge in [0.1, 0.15) is 12.7 Å². The number of rotatable bonds is 9. The molecule has 0 radical (unpaired) electrons. The van der Waals surface area contributed by atoms with E-state index in [9.17, 15) is 0 Å². The van der Waals surface area contributed by atoms with Crippen LogP contribution in [0.1, 0.15) is 24.5 Å². The van der Waals surface area contributed by atoms with Crippen LogP contribution in [0.15, 0.2) is 72.2 Å². The lowest BCUT2D eigenvalue weighted by atomic mass is 10.1. The first kappa shape index (κ1) is 21.5. The number of aliphatic imine (C=N–C) groups is 1. The largest absolute Gasteiger partial charge is 0.356 e. The molecule has 30 heavy (non-hydrogen) atoms. The predicted octanol–water partition coefficient (Wildman–Crippen LogP) is 2.84. The highest BCUT2D eigenvalue weighted by Gasteiger charge is 2.10. The Labute approximate surface area is 178 Å². The molecule has 1 heterocycles. The molecule has 1 aromatic heterocycles. The van der Waals surface area contributed by atoms with Crippen LogP contribution in [0, 0.1) is 0 Å². The van der Waals surface area contributed by atoms with Crippen molar-refractivity contribution < 1.29 is 0 Å². The normalized spacial score (nSPS) is 12.7. The smallest absolute Gasteiger partial charge is 0.191 e. The van der Waals surface area contributed by atoms with Gasteiger partial charge >= 0.3 is 0 Å². The highest BCUT2D eigenvalue weighted by atomic mass is 15.3. The standard InChI is InChI=1S/C23H31N7/c1-19(29(3)16-21-7-5-4-6-8-21)13-14-26-23(24-2)27-15-20-9-11-22(12-10-20)30-18-25-17-28-30/h4-12,17-19H,13-16H2,1-3H3,(H2,24,26,27). The number of hydrogen-bond donors (Lipinski definition) is 2. The molecule has 7 heteroatoms. The minimum atomic E-state index is 0.472. The van der Waals surface area contributed by atoms with Crippen molar-refractivity contribution in [1.82, 2.24) is 30.3 Å². The molecule has 0 amide bonds. The van der Waals surface area contributed by atoms with E-state index >= 15 is 0 Å². The second-order valence-electron chi connectivity index (χ2n) is 7.40. The Hall–Kier alpha value is -3.19. The van der Waals surface area contributed by atoms with Crippen molar-refractivity contribution in [3.63, 3.8) is 0 Å². The van der Waals surface area contributed by atoms with Crippen LogP contribution in [-0.4, -0.2) is 52.3 Å². The molecule has 0 aliphatic carbocycles. The zero-order valence-corrected chi connectivity index (χ0v) is 18.0. The summed E-state index contributed by atoms with van der Waals surface area (Å²) in [5, 5.41) is 10.9. The summed E-state index contributed by atoms with van der Waals surface area (Å²) in [7, 11) is 3.97. The van der Waals surface area contributed by atoms with Gasteiger partial charge in [0.05, 0.1) is 5.69 Å². The van der Waals surface area contributed by atoms with Gasteiger partial charge in [-0.25, -0.2) is 9.67 Å². The van der Waals surface area contributed by atoms with Crippen LogP contribution < -0.4 is 10.6 Å². The maximum Gasteiger partial charge on any atom is 0.191 e. The summed E-state index contributed by atoms with van der Waals surface area (Å²) in [5.74, 6) is 0.813. The first-order chi connectivity index (χ1) is 14.7. The van der Waals surface area contributed by atoms with Gasteiger partial charge in [0.25, 0.3) is 0 Å². The fourth-order valence-electron chi connectivity index (χ4n) is 3.16. The Bertz CT molecular complexity index is 889. The molecular weight excluding hydrogens is 374 g/mol. The van der Waals surface area contributed by atoms with E-state index in [1.165, 1.54) is 17.5 Å². The first-order valence-electron chi connectivity index (χ1n) is 10.3. The van der Waals surface area contributed by atoms with Gasteiger partial charge in [-0.05, 0) is 43.7 Å². The molecule has 0 saturated heterocycles. The molecule has 0 fully saturated rings. The predicted molar refractivity (Wildman–Crippen MR) is 122 cm³/mol. The average molecular weight is 406 g/mol. The third kappa shape index (κ3) is 6.42. The van der Waals surface area contributed by atoms with E-state index in [0.717, 1.165) is 31.2 Å². The van der Waals surface area contributed by atoms with Gasteiger partial charge < -0.3 is 10.6 Å². The minimum absolute atomic E-state index is 0.472. The number of nitrogens with zero attached hydrogens (tertiary/aromatic N) is 5. The van der Waals surface area contributed by atoms with Crippen LogP contribution >= 0.6 is 0 Å². The summed E-state index contributed by atoms with van der Waals surface area (Å²) < 4.78 is 1.74. The lowest BCUT2D eigenvalue weighted by Gasteiger charge is -2.25. The van der Waals surface area contributed by atoms with Crippen LogP contribution in [-0.2, 0) is 13.1 Å². The zero-order chi connectivity index (χ0) is 21.2. The topological polar surface area (TPSA) is 70.4 Å². The minimum Gasteiger partial charge on any atom is -0.356 e. The quantitative estimate of drug-likeness (QED) is 0.423. The Kier molecular flexibility index (Phi) is 7.97. The van der Waals surface area contributed by atoms with Crippen molar-refractivity contribution in [3.05, 3.63) is 78.4 Å². The summed E-state index contributed by atoms with van der Waals surface area (Å²) in [6, 6.07) is 19.3. The van der Waals surface area contributed by atoms with Gasteiger partial charge in [-0.1, -0.05) is 42.5 Å². The fraction of sp³-hybridized carbons (Fsp3) is 0.348. The molecule has 1 atom stereocenters. The second kappa shape index (κ2) is 11.1. The van der Waals surface area contributed by atoms with Gasteiger partial charge in [0.15, 0.2) is 5.96 Å². The summed E-state index contributed by atoms with van der Waals surface area (Å²) in [5.41, 5.74) is 3.51. The monoisotopic (exact) mass is 405 g/mol. The average Bonchev–Trinajstić information content (AvgIpc) is 3.32. The summed E-state index contributed by atoms with van der Waals surface area (Å²) in [6.07, 6.45) is 4.26. The molecule has 1 unspecified atom stereocenters. The maximum absolute atomic E-state index is 4.33. The number of benzene rings is 2. The summed E-state index contributed by atoms with van der Waals surface area (Å²) in [4.78, 5) is 10.7. The van der Waals surface area contributed by atoms with E-state index in [2.05, 4.69) is 87.0 Å². The first-order valence-corrected chi connectivity index (χ1v) is 10.3. The fourth-order valence-corrected chi connectivity index (χ4v) is 3.16. The van der Waals surface area contributed by atoms with Crippen molar-refractivity contribution in [2.45, 2.75) is 32.5 Å². The van der Waals surface area contributed by atoms with Crippen molar-refractivity contribution in [2.24, 2.45) is 4.99 Å². The molecule has 0 saturated carbocycles. The SMILES string of the molecule is CN=C(NCCC(C)N(C)Cc1ccccc1)NCc1ccc(-n2cncn2)cc1. The van der Waals surface area contributed by atoms with Crippen LogP contribution in [0.25, 0.3) is 5.69 Å². The van der Waals surface area contributed by atoms with Crippen molar-refractivity contribution >= 4 is 5.96 Å². The Morgan fingerprint density at radius 3 is 2.50 bits per heavy atom. The lowest BCUT2D eigenvalue weighted by molar-refractivity contribution is 0.238. The Morgan fingerprint density at radius 1 is 1.07 bits per heavy atom. The number of guanidine groups is 1. The van der Waals surface area contributed by atoms with Crippen LogP contribution in [0.2, 0.25) is 0 Å². The number of aromatic nitrogens is 3. The van der Waals surface area contributed by atoms with Crippen LogP contribution in [0.4, 0.5) is 0 Å². The van der Waals surface area contributed by atoms with E-state index in [1.807, 2.05) is 12.1 Å². The molecule has 2 aromatic carbocycles. The van der Waals surface area contributed by atoms with Crippen LogP contribution in [0.5, 0.6) is 0 Å².